The van der Waals surface area contributed by atoms with E-state index in [0.717, 1.165) is 6.26 Å². The second-order valence-electron chi connectivity index (χ2n) is 4.66. The van der Waals surface area contributed by atoms with Crippen LogP contribution in [0, 0.1) is 11.2 Å². The van der Waals surface area contributed by atoms with E-state index in [2.05, 4.69) is 6.58 Å². The Morgan fingerprint density at radius 2 is 1.48 bits per heavy atom. The summed E-state index contributed by atoms with van der Waals surface area (Å²) in [6, 6.07) is 11.8. The molecule has 3 nitrogen and oxygen atoms in total. The number of rotatable bonds is 4. The van der Waals surface area contributed by atoms with E-state index in [1.807, 2.05) is 0 Å². The zero-order valence-electron chi connectivity index (χ0n) is 11.4. The van der Waals surface area contributed by atoms with Gasteiger partial charge in [0, 0.05) is 17.4 Å². The lowest BCUT2D eigenvalue weighted by atomic mass is 9.97. The first-order valence-electron chi connectivity index (χ1n) is 6.13. The molecule has 0 bridgehead atoms. The van der Waals surface area contributed by atoms with E-state index in [4.69, 9.17) is 5.41 Å². The Balaban J connectivity index is 2.28. The fourth-order valence-corrected chi connectivity index (χ4v) is 2.47. The van der Waals surface area contributed by atoms with Crippen molar-refractivity contribution in [2.24, 2.45) is 0 Å². The molecule has 0 saturated carbocycles. The van der Waals surface area contributed by atoms with Crippen molar-refractivity contribution in [1.82, 2.24) is 0 Å². The Kier molecular flexibility index (Phi) is 4.04. The van der Waals surface area contributed by atoms with Crippen molar-refractivity contribution in [2.75, 3.05) is 6.26 Å². The lowest BCUT2D eigenvalue weighted by Crippen LogP contribution is -2.03. The highest BCUT2D eigenvalue weighted by atomic mass is 32.2. The van der Waals surface area contributed by atoms with E-state index in [0.29, 0.717) is 16.7 Å². The molecule has 0 atom stereocenters. The molecule has 108 valence electrons. The highest BCUT2D eigenvalue weighted by Gasteiger charge is 2.11. The molecule has 2 aromatic rings. The van der Waals surface area contributed by atoms with Crippen molar-refractivity contribution >= 4 is 21.1 Å². The Bertz CT molecular complexity index is 791. The second-order valence-corrected chi connectivity index (χ2v) is 6.67. The summed E-state index contributed by atoms with van der Waals surface area (Å²) in [6.45, 7) is 3.84. The fraction of sp³-hybridized carbons (Fsp3) is 0.0625. The highest BCUT2D eigenvalue weighted by Crippen LogP contribution is 2.19. The zero-order chi connectivity index (χ0) is 15.6. The smallest absolute Gasteiger partial charge is 0.175 e. The van der Waals surface area contributed by atoms with Crippen molar-refractivity contribution in [3.8, 4) is 0 Å². The van der Waals surface area contributed by atoms with E-state index in [1.165, 1.54) is 24.3 Å². The van der Waals surface area contributed by atoms with Gasteiger partial charge in [0.05, 0.1) is 10.6 Å². The lowest BCUT2D eigenvalue weighted by molar-refractivity contribution is 0.602. The monoisotopic (exact) mass is 303 g/mol. The van der Waals surface area contributed by atoms with Crippen molar-refractivity contribution < 1.29 is 12.8 Å². The minimum Gasteiger partial charge on any atom is -0.300 e. The van der Waals surface area contributed by atoms with Gasteiger partial charge in [0.25, 0.3) is 0 Å². The molecule has 0 aliphatic rings. The van der Waals surface area contributed by atoms with Crippen molar-refractivity contribution in [2.45, 2.75) is 4.90 Å². The third-order valence-corrected chi connectivity index (χ3v) is 4.19. The lowest BCUT2D eigenvalue weighted by Gasteiger charge is -2.09. The molecule has 2 aromatic carbocycles. The summed E-state index contributed by atoms with van der Waals surface area (Å²) >= 11 is 0. The molecule has 21 heavy (non-hydrogen) atoms. The Labute approximate surface area is 123 Å². The summed E-state index contributed by atoms with van der Waals surface area (Å²) in [5, 5.41) is 8.11. The van der Waals surface area contributed by atoms with E-state index in [-0.39, 0.29) is 16.4 Å². The number of nitrogens with one attached hydrogen (secondary N) is 1. The van der Waals surface area contributed by atoms with Gasteiger partial charge in [-0.15, -0.1) is 0 Å². The number of allylic oxidation sites excluding steroid dienone is 1. The number of benzene rings is 2. The molecule has 0 aliphatic heterocycles. The second kappa shape index (κ2) is 5.61. The fourth-order valence-electron chi connectivity index (χ4n) is 1.84. The normalized spacial score (nSPS) is 11.1. The molecule has 2 rings (SSSR count). The molecule has 0 amide bonds. The van der Waals surface area contributed by atoms with Gasteiger partial charge < -0.3 is 0 Å². The van der Waals surface area contributed by atoms with Crippen LogP contribution in [0.3, 0.4) is 0 Å². The molecule has 0 unspecified atom stereocenters. The molecular weight excluding hydrogens is 289 g/mol. The van der Waals surface area contributed by atoms with Gasteiger partial charge in [-0.25, -0.2) is 12.8 Å². The molecule has 0 radical (unpaired) electrons. The molecule has 0 aromatic heterocycles. The topological polar surface area (TPSA) is 58.0 Å². The summed E-state index contributed by atoms with van der Waals surface area (Å²) in [6.07, 6.45) is 1.13. The van der Waals surface area contributed by atoms with E-state index >= 15 is 0 Å². The molecule has 1 N–H and O–H groups in total. The van der Waals surface area contributed by atoms with Gasteiger partial charge in [-0.05, 0) is 29.8 Å². The van der Waals surface area contributed by atoms with Crippen LogP contribution in [-0.4, -0.2) is 20.4 Å². The minimum absolute atomic E-state index is 0.168. The number of halogens is 1. The summed E-state index contributed by atoms with van der Waals surface area (Å²) in [7, 11) is -3.26. The molecule has 5 heteroatoms. The Morgan fingerprint density at radius 1 is 1.00 bits per heavy atom. The molecule has 0 fully saturated rings. The first-order valence-corrected chi connectivity index (χ1v) is 8.02. The Morgan fingerprint density at radius 3 is 1.95 bits per heavy atom. The molecular formula is C16H14FNO2S. The summed E-state index contributed by atoms with van der Waals surface area (Å²) < 4.78 is 35.7. The molecule has 0 aliphatic carbocycles. The van der Waals surface area contributed by atoms with Gasteiger partial charge in [-0.2, -0.15) is 0 Å². The predicted octanol–water partition coefficient (Wildman–Crippen LogP) is 3.31. The van der Waals surface area contributed by atoms with E-state index in [1.54, 1.807) is 24.3 Å². The van der Waals surface area contributed by atoms with Crippen LogP contribution in [0.5, 0.6) is 0 Å². The maximum Gasteiger partial charge on any atom is 0.175 e. The first kappa shape index (κ1) is 15.1. The van der Waals surface area contributed by atoms with Gasteiger partial charge >= 0.3 is 0 Å². The average Bonchev–Trinajstić information content (AvgIpc) is 2.46. The average molecular weight is 303 g/mol. The van der Waals surface area contributed by atoms with Crippen LogP contribution in [0.15, 0.2) is 60.0 Å². The molecule has 0 heterocycles. The molecule has 0 saturated heterocycles. The quantitative estimate of drug-likeness (QED) is 0.881. The number of hydrogen-bond acceptors (Lipinski definition) is 3. The largest absolute Gasteiger partial charge is 0.300 e. The maximum atomic E-state index is 12.9. The van der Waals surface area contributed by atoms with Crippen molar-refractivity contribution in [3.63, 3.8) is 0 Å². The summed E-state index contributed by atoms with van der Waals surface area (Å²) in [5.41, 5.74) is 1.81. The SMILES string of the molecule is C=C(C(=N)c1ccc(S(C)(=O)=O)cc1)c1ccc(F)cc1. The van der Waals surface area contributed by atoms with E-state index in [9.17, 15) is 12.8 Å². The van der Waals surface area contributed by atoms with Crippen LogP contribution < -0.4 is 0 Å². The zero-order valence-corrected chi connectivity index (χ0v) is 12.2. The van der Waals surface area contributed by atoms with Crippen LogP contribution in [0.2, 0.25) is 0 Å². The van der Waals surface area contributed by atoms with Crippen molar-refractivity contribution in [1.29, 1.82) is 5.41 Å². The molecule has 0 spiro atoms. The van der Waals surface area contributed by atoms with Crippen LogP contribution in [-0.2, 0) is 9.84 Å². The highest BCUT2D eigenvalue weighted by molar-refractivity contribution is 7.90. The van der Waals surface area contributed by atoms with Crippen LogP contribution in [0.25, 0.3) is 5.57 Å². The van der Waals surface area contributed by atoms with Gasteiger partial charge in [0.2, 0.25) is 0 Å². The summed E-state index contributed by atoms with van der Waals surface area (Å²) in [4.78, 5) is 0.200. The van der Waals surface area contributed by atoms with Crippen LogP contribution in [0.4, 0.5) is 4.39 Å². The van der Waals surface area contributed by atoms with Gasteiger partial charge in [-0.1, -0.05) is 30.8 Å². The van der Waals surface area contributed by atoms with Gasteiger partial charge in [0.1, 0.15) is 5.82 Å². The van der Waals surface area contributed by atoms with Crippen LogP contribution in [0.1, 0.15) is 11.1 Å². The third-order valence-electron chi connectivity index (χ3n) is 3.07. The van der Waals surface area contributed by atoms with Gasteiger partial charge in [0.15, 0.2) is 9.84 Å². The van der Waals surface area contributed by atoms with Gasteiger partial charge in [-0.3, -0.25) is 5.41 Å². The minimum atomic E-state index is -3.26. The Hall–Kier alpha value is -2.27. The third kappa shape index (κ3) is 3.44. The first-order chi connectivity index (χ1) is 9.79. The standard InChI is InChI=1S/C16H14FNO2S/c1-11(12-3-7-14(17)8-4-12)16(18)13-5-9-15(10-6-13)21(2,19)20/h3-10,18H,1H2,2H3. The van der Waals surface area contributed by atoms with Crippen molar-refractivity contribution in [3.05, 3.63) is 72.1 Å². The number of sulfone groups is 1. The number of hydrogen-bond donors (Lipinski definition) is 1. The maximum absolute atomic E-state index is 12.9. The predicted molar refractivity (Wildman–Crippen MR) is 81.8 cm³/mol. The van der Waals surface area contributed by atoms with Crippen LogP contribution >= 0.6 is 0 Å². The van der Waals surface area contributed by atoms with E-state index < -0.39 is 9.84 Å². The summed E-state index contributed by atoms with van der Waals surface area (Å²) in [5.74, 6) is -0.351.